The normalized spacial score (nSPS) is 11.5. The van der Waals surface area contributed by atoms with Crippen LogP contribution < -0.4 is 11.3 Å². The molecule has 0 saturated heterocycles. The summed E-state index contributed by atoms with van der Waals surface area (Å²) in [5.41, 5.74) is 5.98. The Kier molecular flexibility index (Phi) is 3.70. The number of hydrogen-bond donors (Lipinski definition) is 2. The zero-order valence-corrected chi connectivity index (χ0v) is 10.9. The largest absolute Gasteiger partial charge is 0.384 e. The maximum atomic E-state index is 12.0. The van der Waals surface area contributed by atoms with Crippen LogP contribution in [-0.2, 0) is 12.0 Å². The third kappa shape index (κ3) is 2.93. The molecule has 0 amide bonds. The van der Waals surface area contributed by atoms with E-state index in [1.54, 1.807) is 6.07 Å². The molecule has 0 bridgehead atoms. The fraction of sp³-hybridized carbons (Fsp3) is 0.583. The minimum atomic E-state index is -0.285. The van der Waals surface area contributed by atoms with E-state index in [1.165, 1.54) is 4.68 Å². The lowest BCUT2D eigenvalue weighted by Crippen LogP contribution is -2.34. The summed E-state index contributed by atoms with van der Waals surface area (Å²) < 4.78 is 1.40. The van der Waals surface area contributed by atoms with Crippen molar-refractivity contribution in [3.8, 4) is 0 Å². The molecule has 94 valence electrons. The molecule has 0 unspecified atom stereocenters. The molecule has 0 aliphatic heterocycles. The molecule has 17 heavy (non-hydrogen) atoms. The van der Waals surface area contributed by atoms with E-state index in [2.05, 4.69) is 5.10 Å². The second-order valence-electron chi connectivity index (χ2n) is 5.14. The van der Waals surface area contributed by atoms with Crippen molar-refractivity contribution in [1.82, 2.24) is 9.78 Å². The first-order chi connectivity index (χ1) is 7.77. The number of nitrogens with two attached hydrogens (primary N) is 1. The van der Waals surface area contributed by atoms with Gasteiger partial charge in [0.2, 0.25) is 0 Å². The second-order valence-corrected chi connectivity index (χ2v) is 5.14. The summed E-state index contributed by atoms with van der Waals surface area (Å²) in [4.78, 5) is 12.0. The van der Waals surface area contributed by atoms with Crippen molar-refractivity contribution in [1.29, 1.82) is 5.41 Å². The smallest absolute Gasteiger partial charge is 0.277 e. The highest BCUT2D eigenvalue weighted by molar-refractivity contribution is 5.94. The first-order valence-electron chi connectivity index (χ1n) is 5.74. The molecule has 0 atom stereocenters. The van der Waals surface area contributed by atoms with E-state index < -0.39 is 0 Å². The number of nitrogens with zero attached hydrogens (tertiary/aromatic N) is 2. The molecular formula is C12H20N4O. The summed E-state index contributed by atoms with van der Waals surface area (Å²) >= 11 is 0. The van der Waals surface area contributed by atoms with Gasteiger partial charge >= 0.3 is 0 Å². The lowest BCUT2D eigenvalue weighted by molar-refractivity contribution is 0.495. The van der Waals surface area contributed by atoms with E-state index in [0.29, 0.717) is 6.54 Å². The number of aryl methyl sites for hydroxylation is 1. The van der Waals surface area contributed by atoms with Crippen LogP contribution >= 0.6 is 0 Å². The number of rotatable bonds is 3. The number of nitrogens with one attached hydrogen (secondary N) is 1. The van der Waals surface area contributed by atoms with Crippen molar-refractivity contribution in [2.75, 3.05) is 0 Å². The molecule has 0 radical (unpaired) electrons. The van der Waals surface area contributed by atoms with Gasteiger partial charge in [0.15, 0.2) is 0 Å². The minimum Gasteiger partial charge on any atom is -0.384 e. The van der Waals surface area contributed by atoms with E-state index in [0.717, 1.165) is 12.1 Å². The molecule has 1 aromatic rings. The van der Waals surface area contributed by atoms with Gasteiger partial charge in [0.05, 0.1) is 11.3 Å². The van der Waals surface area contributed by atoms with Crippen LogP contribution in [0.4, 0.5) is 0 Å². The Bertz CT molecular complexity index is 482. The van der Waals surface area contributed by atoms with Crippen LogP contribution in [0.5, 0.6) is 0 Å². The third-order valence-corrected chi connectivity index (χ3v) is 2.47. The maximum Gasteiger partial charge on any atom is 0.277 e. The molecule has 3 N–H and O–H groups in total. The second kappa shape index (κ2) is 4.69. The highest BCUT2D eigenvalue weighted by Gasteiger charge is 2.20. The molecular weight excluding hydrogens is 216 g/mol. The fourth-order valence-corrected chi connectivity index (χ4v) is 1.46. The average molecular weight is 236 g/mol. The van der Waals surface area contributed by atoms with Crippen LogP contribution in [0.2, 0.25) is 0 Å². The van der Waals surface area contributed by atoms with Gasteiger partial charge in [-0.05, 0) is 12.5 Å². The molecule has 0 aromatic carbocycles. The first-order valence-corrected chi connectivity index (χ1v) is 5.74. The van der Waals surface area contributed by atoms with E-state index in [4.69, 9.17) is 11.1 Å². The molecule has 5 nitrogen and oxygen atoms in total. The molecule has 0 aliphatic rings. The van der Waals surface area contributed by atoms with Crippen molar-refractivity contribution in [2.45, 2.75) is 46.1 Å². The van der Waals surface area contributed by atoms with E-state index in [-0.39, 0.29) is 22.4 Å². The molecule has 1 rings (SSSR count). The zero-order chi connectivity index (χ0) is 13.2. The Morgan fingerprint density at radius 1 is 1.53 bits per heavy atom. The minimum absolute atomic E-state index is 0.173. The van der Waals surface area contributed by atoms with Crippen LogP contribution in [-0.4, -0.2) is 15.6 Å². The van der Waals surface area contributed by atoms with Crippen LogP contribution in [0.25, 0.3) is 0 Å². The van der Waals surface area contributed by atoms with Crippen LogP contribution in [0.3, 0.4) is 0 Å². The number of nitrogen functional groups attached to an aromatic ring is 1. The van der Waals surface area contributed by atoms with Gasteiger partial charge in [-0.15, -0.1) is 0 Å². The van der Waals surface area contributed by atoms with Gasteiger partial charge in [-0.2, -0.15) is 5.10 Å². The predicted molar refractivity (Wildman–Crippen MR) is 68.5 cm³/mol. The first kappa shape index (κ1) is 13.4. The van der Waals surface area contributed by atoms with Crippen molar-refractivity contribution < 1.29 is 0 Å². The summed E-state index contributed by atoms with van der Waals surface area (Å²) in [6.07, 6.45) is 0.817. The Morgan fingerprint density at radius 2 is 2.12 bits per heavy atom. The van der Waals surface area contributed by atoms with E-state index >= 15 is 0 Å². The molecule has 0 fully saturated rings. The molecule has 0 spiro atoms. The summed E-state index contributed by atoms with van der Waals surface area (Å²) in [5, 5.41) is 11.8. The summed E-state index contributed by atoms with van der Waals surface area (Å²) in [6, 6.07) is 1.62. The Morgan fingerprint density at radius 3 is 2.53 bits per heavy atom. The van der Waals surface area contributed by atoms with Gasteiger partial charge < -0.3 is 5.73 Å². The highest BCUT2D eigenvalue weighted by atomic mass is 16.1. The zero-order valence-electron chi connectivity index (χ0n) is 10.9. The lowest BCUT2D eigenvalue weighted by Gasteiger charge is -2.19. The Hall–Kier alpha value is -1.65. The van der Waals surface area contributed by atoms with Gasteiger partial charge in [0.25, 0.3) is 5.56 Å². The topological polar surface area (TPSA) is 84.8 Å². The third-order valence-electron chi connectivity index (χ3n) is 2.47. The van der Waals surface area contributed by atoms with Crippen molar-refractivity contribution in [3.05, 3.63) is 27.7 Å². The maximum absolute atomic E-state index is 12.0. The van der Waals surface area contributed by atoms with Gasteiger partial charge in [0.1, 0.15) is 5.84 Å². The van der Waals surface area contributed by atoms with Gasteiger partial charge in [-0.3, -0.25) is 10.2 Å². The van der Waals surface area contributed by atoms with Crippen molar-refractivity contribution in [3.63, 3.8) is 0 Å². The molecule has 1 heterocycles. The van der Waals surface area contributed by atoms with Crippen LogP contribution in [0.15, 0.2) is 10.9 Å². The number of hydrogen-bond acceptors (Lipinski definition) is 3. The summed E-state index contributed by atoms with van der Waals surface area (Å²) in [6.45, 7) is 8.56. The number of amidine groups is 1. The Labute approximate surface area is 101 Å². The fourth-order valence-electron chi connectivity index (χ4n) is 1.46. The standard InChI is InChI=1S/C12H20N4O/c1-5-6-16-11(17)8(10(13)14)7-9(15-16)12(2,3)4/h7H,5-6H2,1-4H3,(H3,13,14). The molecule has 0 saturated carbocycles. The van der Waals surface area contributed by atoms with Crippen molar-refractivity contribution >= 4 is 5.84 Å². The van der Waals surface area contributed by atoms with Crippen LogP contribution in [0.1, 0.15) is 45.4 Å². The molecule has 1 aromatic heterocycles. The van der Waals surface area contributed by atoms with Gasteiger partial charge in [0, 0.05) is 12.0 Å². The predicted octanol–water partition coefficient (Wildman–Crippen LogP) is 1.23. The molecule has 5 heteroatoms. The lowest BCUT2D eigenvalue weighted by atomic mass is 9.91. The van der Waals surface area contributed by atoms with Crippen molar-refractivity contribution in [2.24, 2.45) is 5.73 Å². The summed E-state index contributed by atoms with van der Waals surface area (Å²) in [5.74, 6) is -0.201. The van der Waals surface area contributed by atoms with Gasteiger partial charge in [-0.25, -0.2) is 4.68 Å². The SMILES string of the molecule is CCCn1nc(C(C)(C)C)cc(C(=N)N)c1=O. The average Bonchev–Trinajstić information content (AvgIpc) is 2.19. The highest BCUT2D eigenvalue weighted by Crippen LogP contribution is 2.19. The number of aromatic nitrogens is 2. The van der Waals surface area contributed by atoms with E-state index in [9.17, 15) is 4.79 Å². The van der Waals surface area contributed by atoms with E-state index in [1.807, 2.05) is 27.7 Å². The summed E-state index contributed by atoms with van der Waals surface area (Å²) in [7, 11) is 0. The van der Waals surface area contributed by atoms with Gasteiger partial charge in [-0.1, -0.05) is 27.7 Å². The monoisotopic (exact) mass is 236 g/mol. The molecule has 0 aliphatic carbocycles. The Balaban J connectivity index is 3.48. The van der Waals surface area contributed by atoms with Crippen LogP contribution in [0, 0.1) is 5.41 Å². The quantitative estimate of drug-likeness (QED) is 0.611.